The van der Waals surface area contributed by atoms with Crippen molar-refractivity contribution in [2.75, 3.05) is 13.7 Å². The van der Waals surface area contributed by atoms with Crippen molar-refractivity contribution in [3.63, 3.8) is 0 Å². The van der Waals surface area contributed by atoms with Gasteiger partial charge in [0.1, 0.15) is 5.82 Å². The summed E-state index contributed by atoms with van der Waals surface area (Å²) in [5.41, 5.74) is 1.33. The Morgan fingerprint density at radius 3 is 2.30 bits per heavy atom. The van der Waals surface area contributed by atoms with Gasteiger partial charge < -0.3 is 9.64 Å². The fourth-order valence-electron chi connectivity index (χ4n) is 2.16. The second kappa shape index (κ2) is 8.08. The molecule has 120 valence electrons. The molecule has 2 aromatic rings. The number of rotatable bonds is 6. The molecule has 0 aliphatic heterocycles. The molecule has 0 fully saturated rings. The van der Waals surface area contributed by atoms with Crippen LogP contribution in [0.2, 0.25) is 0 Å². The van der Waals surface area contributed by atoms with E-state index in [-0.39, 0.29) is 24.8 Å². The lowest BCUT2D eigenvalue weighted by molar-refractivity contribution is -0.140. The van der Waals surface area contributed by atoms with Gasteiger partial charge in [-0.3, -0.25) is 9.59 Å². The number of hydrogen-bond acceptors (Lipinski definition) is 3. The molecule has 0 radical (unpaired) electrons. The maximum atomic E-state index is 13.0. The van der Waals surface area contributed by atoms with Gasteiger partial charge in [-0.05, 0) is 29.8 Å². The first kappa shape index (κ1) is 16.7. The Kier molecular flexibility index (Phi) is 5.86. The number of nitrogens with zero attached hydrogens (tertiary/aromatic N) is 1. The number of carbonyl (C=O) groups is 2. The minimum atomic E-state index is -0.397. The molecule has 2 rings (SSSR count). The van der Waals surface area contributed by atoms with Crippen LogP contribution in [0.15, 0.2) is 54.6 Å². The van der Waals surface area contributed by atoms with Gasteiger partial charge in [0, 0.05) is 18.7 Å². The lowest BCUT2D eigenvalue weighted by Crippen LogP contribution is -2.32. The van der Waals surface area contributed by atoms with E-state index in [4.69, 9.17) is 0 Å². The molecule has 1 amide bonds. The number of amides is 1. The van der Waals surface area contributed by atoms with Gasteiger partial charge in [0.2, 0.25) is 0 Å². The van der Waals surface area contributed by atoms with Gasteiger partial charge in [-0.2, -0.15) is 0 Å². The van der Waals surface area contributed by atoms with E-state index < -0.39 is 5.82 Å². The van der Waals surface area contributed by atoms with Crippen LogP contribution in [0.1, 0.15) is 22.3 Å². The fourth-order valence-corrected chi connectivity index (χ4v) is 2.16. The van der Waals surface area contributed by atoms with E-state index in [9.17, 15) is 14.0 Å². The van der Waals surface area contributed by atoms with Crippen LogP contribution in [0.3, 0.4) is 0 Å². The number of carbonyl (C=O) groups excluding carboxylic acids is 2. The summed E-state index contributed by atoms with van der Waals surface area (Å²) in [7, 11) is 1.31. The number of ether oxygens (including phenoxy) is 1. The summed E-state index contributed by atoms with van der Waals surface area (Å²) in [6.07, 6.45) is 0.107. The monoisotopic (exact) mass is 315 g/mol. The standard InChI is InChI=1S/C18H18FNO3/c1-23-17(21)11-12-20(13-14-5-3-2-4-6-14)18(22)15-7-9-16(19)10-8-15/h2-10H,11-13H2,1H3. The zero-order chi connectivity index (χ0) is 16.7. The number of benzene rings is 2. The van der Waals surface area contributed by atoms with Crippen molar-refractivity contribution in [3.05, 3.63) is 71.5 Å². The average Bonchev–Trinajstić information content (AvgIpc) is 2.59. The molecule has 0 aliphatic carbocycles. The summed E-state index contributed by atoms with van der Waals surface area (Å²) < 4.78 is 17.6. The fraction of sp³-hybridized carbons (Fsp3) is 0.222. The second-order valence-corrected chi connectivity index (χ2v) is 5.05. The number of hydrogen-bond donors (Lipinski definition) is 0. The maximum Gasteiger partial charge on any atom is 0.307 e. The molecular formula is C18H18FNO3. The van der Waals surface area contributed by atoms with Crippen molar-refractivity contribution in [1.29, 1.82) is 0 Å². The molecule has 0 saturated heterocycles. The molecule has 0 spiro atoms. The molecule has 0 aliphatic rings. The van der Waals surface area contributed by atoms with Gasteiger partial charge in [-0.15, -0.1) is 0 Å². The first-order valence-electron chi connectivity index (χ1n) is 7.25. The highest BCUT2D eigenvalue weighted by molar-refractivity contribution is 5.94. The Hall–Kier alpha value is -2.69. The van der Waals surface area contributed by atoms with E-state index in [0.29, 0.717) is 12.1 Å². The highest BCUT2D eigenvalue weighted by Gasteiger charge is 2.17. The van der Waals surface area contributed by atoms with Crippen LogP contribution in [0, 0.1) is 5.82 Å². The molecule has 0 N–H and O–H groups in total. The Morgan fingerprint density at radius 2 is 1.70 bits per heavy atom. The first-order valence-corrected chi connectivity index (χ1v) is 7.25. The zero-order valence-corrected chi connectivity index (χ0v) is 12.9. The predicted octanol–water partition coefficient (Wildman–Crippen LogP) is 3.03. The van der Waals surface area contributed by atoms with Crippen molar-refractivity contribution in [3.8, 4) is 0 Å². The molecule has 5 heteroatoms. The van der Waals surface area contributed by atoms with Crippen molar-refractivity contribution >= 4 is 11.9 Å². The third-order valence-electron chi connectivity index (χ3n) is 3.41. The first-order chi connectivity index (χ1) is 11.1. The van der Waals surface area contributed by atoms with Crippen LogP contribution < -0.4 is 0 Å². The smallest absolute Gasteiger partial charge is 0.307 e. The molecule has 0 atom stereocenters. The molecule has 23 heavy (non-hydrogen) atoms. The predicted molar refractivity (Wildman–Crippen MR) is 84.2 cm³/mol. The largest absolute Gasteiger partial charge is 0.469 e. The van der Waals surface area contributed by atoms with Gasteiger partial charge in [0.15, 0.2) is 0 Å². The Labute approximate surface area is 134 Å². The lowest BCUT2D eigenvalue weighted by Gasteiger charge is -2.22. The average molecular weight is 315 g/mol. The van der Waals surface area contributed by atoms with Crippen LogP contribution in [-0.4, -0.2) is 30.4 Å². The van der Waals surface area contributed by atoms with E-state index in [0.717, 1.165) is 5.56 Å². The van der Waals surface area contributed by atoms with Crippen LogP contribution >= 0.6 is 0 Å². The highest BCUT2D eigenvalue weighted by Crippen LogP contribution is 2.12. The highest BCUT2D eigenvalue weighted by atomic mass is 19.1. The maximum absolute atomic E-state index is 13.0. The summed E-state index contributed by atoms with van der Waals surface area (Å²) in [6.45, 7) is 0.603. The Morgan fingerprint density at radius 1 is 1.04 bits per heavy atom. The van der Waals surface area contributed by atoms with Crippen molar-refractivity contribution in [2.24, 2.45) is 0 Å². The van der Waals surface area contributed by atoms with Crippen LogP contribution in [-0.2, 0) is 16.1 Å². The SMILES string of the molecule is COC(=O)CCN(Cc1ccccc1)C(=O)c1ccc(F)cc1. The quantitative estimate of drug-likeness (QED) is 0.770. The number of methoxy groups -OCH3 is 1. The molecule has 0 heterocycles. The molecule has 0 aromatic heterocycles. The van der Waals surface area contributed by atoms with Gasteiger partial charge in [-0.1, -0.05) is 30.3 Å². The van der Waals surface area contributed by atoms with Gasteiger partial charge in [0.05, 0.1) is 13.5 Å². The van der Waals surface area contributed by atoms with E-state index in [1.54, 1.807) is 4.90 Å². The number of halogens is 1. The van der Waals surface area contributed by atoms with E-state index in [1.807, 2.05) is 30.3 Å². The van der Waals surface area contributed by atoms with Gasteiger partial charge >= 0.3 is 5.97 Å². The van der Waals surface area contributed by atoms with Gasteiger partial charge in [-0.25, -0.2) is 4.39 Å². The summed E-state index contributed by atoms with van der Waals surface area (Å²) in [6, 6.07) is 14.8. The summed E-state index contributed by atoms with van der Waals surface area (Å²) >= 11 is 0. The zero-order valence-electron chi connectivity index (χ0n) is 12.9. The van der Waals surface area contributed by atoms with Crippen molar-refractivity contribution < 1.29 is 18.7 Å². The summed E-state index contributed by atoms with van der Waals surface area (Å²) in [4.78, 5) is 25.5. The molecule has 2 aromatic carbocycles. The minimum absolute atomic E-state index is 0.107. The van der Waals surface area contributed by atoms with Crippen molar-refractivity contribution in [2.45, 2.75) is 13.0 Å². The molecule has 0 saturated carbocycles. The molecule has 0 bridgehead atoms. The molecule has 4 nitrogen and oxygen atoms in total. The third-order valence-corrected chi connectivity index (χ3v) is 3.41. The summed E-state index contributed by atoms with van der Waals surface area (Å²) in [5, 5.41) is 0. The second-order valence-electron chi connectivity index (χ2n) is 5.05. The molecular weight excluding hydrogens is 297 g/mol. The minimum Gasteiger partial charge on any atom is -0.469 e. The van der Waals surface area contributed by atoms with Crippen LogP contribution in [0.25, 0.3) is 0 Å². The van der Waals surface area contributed by atoms with Gasteiger partial charge in [0.25, 0.3) is 5.91 Å². The van der Waals surface area contributed by atoms with E-state index in [1.165, 1.54) is 31.4 Å². The Balaban J connectivity index is 2.15. The topological polar surface area (TPSA) is 46.6 Å². The number of esters is 1. The molecule has 0 unspecified atom stereocenters. The summed E-state index contributed by atoms with van der Waals surface area (Å²) in [5.74, 6) is -1.03. The lowest BCUT2D eigenvalue weighted by atomic mass is 10.1. The van der Waals surface area contributed by atoms with Crippen LogP contribution in [0.4, 0.5) is 4.39 Å². The van der Waals surface area contributed by atoms with Crippen molar-refractivity contribution in [1.82, 2.24) is 4.90 Å². The van der Waals surface area contributed by atoms with E-state index >= 15 is 0 Å². The normalized spacial score (nSPS) is 10.2. The van der Waals surface area contributed by atoms with E-state index in [2.05, 4.69) is 4.74 Å². The Bertz CT molecular complexity index is 656. The third kappa shape index (κ3) is 4.92. The van der Waals surface area contributed by atoms with Crippen LogP contribution in [0.5, 0.6) is 0 Å².